The summed E-state index contributed by atoms with van der Waals surface area (Å²) in [6.07, 6.45) is 3.74. The molecule has 2 atom stereocenters. The van der Waals surface area contributed by atoms with Gasteiger partial charge in [0.25, 0.3) is 0 Å². The molecule has 0 saturated carbocycles. The number of aryl methyl sites for hydroxylation is 2. The zero-order valence-electron chi connectivity index (χ0n) is 12.9. The van der Waals surface area contributed by atoms with Crippen molar-refractivity contribution in [3.63, 3.8) is 0 Å². The van der Waals surface area contributed by atoms with Crippen molar-refractivity contribution in [2.24, 2.45) is 0 Å². The van der Waals surface area contributed by atoms with Crippen molar-refractivity contribution in [2.75, 3.05) is 0 Å². The first-order valence-electron chi connectivity index (χ1n) is 7.56. The molecule has 1 aromatic rings. The maximum Gasteiger partial charge on any atom is 0.0900 e. The van der Waals surface area contributed by atoms with E-state index in [2.05, 4.69) is 48.7 Å². The highest BCUT2D eigenvalue weighted by atomic mass is 79.9. The number of nitrogens with zero attached hydrogens (tertiary/aromatic N) is 2. The van der Waals surface area contributed by atoms with Crippen LogP contribution in [-0.4, -0.2) is 28.1 Å². The van der Waals surface area contributed by atoms with Crippen LogP contribution in [0.4, 0.5) is 0 Å². The van der Waals surface area contributed by atoms with Crippen LogP contribution in [0.25, 0.3) is 0 Å². The molecule has 5 heteroatoms. The topological polar surface area (TPSA) is 36.3 Å². The fourth-order valence-corrected chi connectivity index (χ4v) is 3.51. The smallest absolute Gasteiger partial charge is 0.0900 e. The van der Waals surface area contributed by atoms with Crippen LogP contribution in [0.1, 0.15) is 51.9 Å². The summed E-state index contributed by atoms with van der Waals surface area (Å²) in [6.45, 7) is 9.96. The van der Waals surface area contributed by atoms with E-state index in [0.29, 0.717) is 6.61 Å². The van der Waals surface area contributed by atoms with Gasteiger partial charge in [0.05, 0.1) is 40.8 Å². The largest absolute Gasteiger partial charge is 0.375 e. The van der Waals surface area contributed by atoms with E-state index in [0.717, 1.165) is 41.7 Å². The van der Waals surface area contributed by atoms with Gasteiger partial charge in [-0.05, 0) is 56.0 Å². The zero-order valence-corrected chi connectivity index (χ0v) is 14.4. The van der Waals surface area contributed by atoms with Gasteiger partial charge in [0.15, 0.2) is 0 Å². The van der Waals surface area contributed by atoms with Crippen LogP contribution in [0.3, 0.4) is 0 Å². The van der Waals surface area contributed by atoms with E-state index in [-0.39, 0.29) is 18.3 Å². The minimum atomic E-state index is 0.283. The van der Waals surface area contributed by atoms with Gasteiger partial charge < -0.3 is 9.47 Å². The predicted octanol–water partition coefficient (Wildman–Crippen LogP) is 3.70. The molecule has 114 valence electrons. The Balaban J connectivity index is 2.01. The molecule has 0 radical (unpaired) electrons. The van der Waals surface area contributed by atoms with Gasteiger partial charge in [0.1, 0.15) is 0 Å². The van der Waals surface area contributed by atoms with Crippen LogP contribution >= 0.6 is 15.9 Å². The Morgan fingerprint density at radius 2 is 1.95 bits per heavy atom. The Morgan fingerprint density at radius 3 is 2.50 bits per heavy atom. The lowest BCUT2D eigenvalue weighted by Gasteiger charge is -2.32. The standard InChI is InChI=1S/C15H25BrN2O2/c1-5-13-15(16)14(18(6-2)17-13)9-19-12-7-10(3)20-11(4)8-12/h10-12H,5-9H2,1-4H3. The zero-order chi connectivity index (χ0) is 14.7. The second-order valence-electron chi connectivity index (χ2n) is 5.54. The molecule has 20 heavy (non-hydrogen) atoms. The third-order valence-electron chi connectivity index (χ3n) is 3.80. The Morgan fingerprint density at radius 1 is 1.30 bits per heavy atom. The first kappa shape index (κ1) is 16.0. The molecule has 1 aliphatic heterocycles. The van der Waals surface area contributed by atoms with Crippen LogP contribution in [0, 0.1) is 0 Å². The molecule has 1 aliphatic rings. The van der Waals surface area contributed by atoms with Crippen molar-refractivity contribution >= 4 is 15.9 Å². The van der Waals surface area contributed by atoms with Crippen LogP contribution < -0.4 is 0 Å². The molecular formula is C15H25BrN2O2. The Labute approximate surface area is 130 Å². The lowest BCUT2D eigenvalue weighted by atomic mass is 10.0. The number of aromatic nitrogens is 2. The van der Waals surface area contributed by atoms with E-state index < -0.39 is 0 Å². The summed E-state index contributed by atoms with van der Waals surface area (Å²) in [4.78, 5) is 0. The summed E-state index contributed by atoms with van der Waals surface area (Å²) in [5.74, 6) is 0. The van der Waals surface area contributed by atoms with E-state index in [1.807, 2.05) is 4.68 Å². The van der Waals surface area contributed by atoms with Crippen LogP contribution in [0.2, 0.25) is 0 Å². The van der Waals surface area contributed by atoms with Crippen LogP contribution in [0.15, 0.2) is 4.47 Å². The number of halogens is 1. The summed E-state index contributed by atoms with van der Waals surface area (Å²) in [7, 11) is 0. The lowest BCUT2D eigenvalue weighted by molar-refractivity contribution is -0.107. The molecule has 1 saturated heterocycles. The Kier molecular flexibility index (Phi) is 5.64. The molecule has 0 aromatic carbocycles. The Hall–Kier alpha value is -0.390. The highest BCUT2D eigenvalue weighted by Gasteiger charge is 2.25. The monoisotopic (exact) mass is 344 g/mol. The molecule has 2 unspecified atom stereocenters. The summed E-state index contributed by atoms with van der Waals surface area (Å²) in [5, 5.41) is 4.61. The van der Waals surface area contributed by atoms with E-state index in [1.165, 1.54) is 0 Å². The molecule has 0 spiro atoms. The molecule has 4 nitrogen and oxygen atoms in total. The van der Waals surface area contributed by atoms with Crippen LogP contribution in [0.5, 0.6) is 0 Å². The molecule has 0 amide bonds. The average molecular weight is 345 g/mol. The van der Waals surface area contributed by atoms with E-state index >= 15 is 0 Å². The van der Waals surface area contributed by atoms with E-state index in [1.54, 1.807) is 0 Å². The number of hydrogen-bond acceptors (Lipinski definition) is 3. The second-order valence-corrected chi connectivity index (χ2v) is 6.33. The van der Waals surface area contributed by atoms with Gasteiger partial charge >= 0.3 is 0 Å². The van der Waals surface area contributed by atoms with Gasteiger partial charge in [0, 0.05) is 6.54 Å². The van der Waals surface area contributed by atoms with Crippen molar-refractivity contribution in [1.29, 1.82) is 0 Å². The SMILES string of the molecule is CCc1nn(CC)c(COC2CC(C)OC(C)C2)c1Br. The van der Waals surface area contributed by atoms with Crippen molar-refractivity contribution in [3.8, 4) is 0 Å². The number of ether oxygens (including phenoxy) is 2. The third kappa shape index (κ3) is 3.62. The fraction of sp³-hybridized carbons (Fsp3) is 0.800. The van der Waals surface area contributed by atoms with Crippen molar-refractivity contribution < 1.29 is 9.47 Å². The predicted molar refractivity (Wildman–Crippen MR) is 82.8 cm³/mol. The molecule has 1 fully saturated rings. The van der Waals surface area contributed by atoms with E-state index in [9.17, 15) is 0 Å². The number of hydrogen-bond donors (Lipinski definition) is 0. The highest BCUT2D eigenvalue weighted by Crippen LogP contribution is 2.26. The summed E-state index contributed by atoms with van der Waals surface area (Å²) < 4.78 is 15.0. The normalized spacial score (nSPS) is 26.9. The molecular weight excluding hydrogens is 320 g/mol. The van der Waals surface area contributed by atoms with Crippen molar-refractivity contribution in [1.82, 2.24) is 9.78 Å². The van der Waals surface area contributed by atoms with Crippen molar-refractivity contribution in [2.45, 2.75) is 78.4 Å². The van der Waals surface area contributed by atoms with Gasteiger partial charge in [-0.1, -0.05) is 6.92 Å². The second kappa shape index (κ2) is 7.05. The van der Waals surface area contributed by atoms with Gasteiger partial charge in [0.2, 0.25) is 0 Å². The Bertz CT molecular complexity index is 437. The van der Waals surface area contributed by atoms with Gasteiger partial charge in [-0.25, -0.2) is 0 Å². The summed E-state index contributed by atoms with van der Waals surface area (Å²) >= 11 is 3.66. The molecule has 0 aliphatic carbocycles. The summed E-state index contributed by atoms with van der Waals surface area (Å²) in [6, 6.07) is 0. The van der Waals surface area contributed by atoms with Gasteiger partial charge in [-0.2, -0.15) is 5.10 Å². The molecule has 0 N–H and O–H groups in total. The molecule has 1 aromatic heterocycles. The third-order valence-corrected chi connectivity index (χ3v) is 4.72. The molecule has 2 heterocycles. The quantitative estimate of drug-likeness (QED) is 0.816. The first-order valence-corrected chi connectivity index (χ1v) is 8.35. The molecule has 0 bridgehead atoms. The lowest BCUT2D eigenvalue weighted by Crippen LogP contribution is -2.34. The maximum atomic E-state index is 6.12. The minimum absolute atomic E-state index is 0.283. The molecule has 2 rings (SSSR count). The van der Waals surface area contributed by atoms with Gasteiger partial charge in [-0.15, -0.1) is 0 Å². The summed E-state index contributed by atoms with van der Waals surface area (Å²) in [5.41, 5.74) is 2.26. The van der Waals surface area contributed by atoms with E-state index in [4.69, 9.17) is 9.47 Å². The number of rotatable bonds is 5. The average Bonchev–Trinajstić information content (AvgIpc) is 2.71. The van der Waals surface area contributed by atoms with Gasteiger partial charge in [-0.3, -0.25) is 4.68 Å². The fourth-order valence-electron chi connectivity index (χ4n) is 2.83. The van der Waals surface area contributed by atoms with Crippen LogP contribution in [-0.2, 0) is 29.0 Å². The minimum Gasteiger partial charge on any atom is -0.375 e. The highest BCUT2D eigenvalue weighted by molar-refractivity contribution is 9.10. The maximum absolute atomic E-state index is 6.12. The first-order chi connectivity index (χ1) is 9.55. The van der Waals surface area contributed by atoms with Crippen molar-refractivity contribution in [3.05, 3.63) is 15.9 Å².